The van der Waals surface area contributed by atoms with Gasteiger partial charge in [0.15, 0.2) is 5.78 Å². The lowest BCUT2D eigenvalue weighted by Gasteiger charge is -2.25. The Hall–Kier alpha value is -2.71. The van der Waals surface area contributed by atoms with Crippen molar-refractivity contribution in [3.05, 3.63) is 59.2 Å². The Morgan fingerprint density at radius 1 is 1.00 bits per heavy atom. The Balaban J connectivity index is 1.54. The monoisotopic (exact) mass is 459 g/mol. The van der Waals surface area contributed by atoms with Gasteiger partial charge in [-0.05, 0) is 62.1 Å². The zero-order chi connectivity index (χ0) is 23.1. The number of hydrogen-bond donors (Lipinski definition) is 0. The van der Waals surface area contributed by atoms with Gasteiger partial charge in [-0.2, -0.15) is 4.31 Å². The Morgan fingerprint density at radius 2 is 1.69 bits per heavy atom. The van der Waals surface area contributed by atoms with E-state index in [9.17, 15) is 18.0 Å². The van der Waals surface area contributed by atoms with Crippen LogP contribution in [-0.4, -0.2) is 44.7 Å². The molecule has 3 rings (SSSR count). The normalized spacial score (nSPS) is 14.7. The van der Waals surface area contributed by atoms with E-state index in [1.807, 2.05) is 0 Å². The number of carbonyl (C=O) groups is 2. The van der Waals surface area contributed by atoms with Gasteiger partial charge < -0.3 is 9.47 Å². The summed E-state index contributed by atoms with van der Waals surface area (Å²) in [5.74, 6) is 0.0876. The number of aryl methyl sites for hydroxylation is 1. The summed E-state index contributed by atoms with van der Waals surface area (Å²) < 4.78 is 37.6. The highest BCUT2D eigenvalue weighted by molar-refractivity contribution is 7.89. The van der Waals surface area contributed by atoms with Gasteiger partial charge in [0, 0.05) is 30.6 Å². The van der Waals surface area contributed by atoms with Crippen molar-refractivity contribution in [1.29, 1.82) is 0 Å². The molecule has 0 spiro atoms. The molecule has 1 fully saturated rings. The number of methoxy groups -OCH3 is 1. The first-order valence-electron chi connectivity index (χ1n) is 10.7. The van der Waals surface area contributed by atoms with E-state index < -0.39 is 10.0 Å². The van der Waals surface area contributed by atoms with Crippen LogP contribution < -0.4 is 4.74 Å². The number of nitrogens with zero attached hydrogens (tertiary/aromatic N) is 1. The summed E-state index contributed by atoms with van der Waals surface area (Å²) in [6.07, 6.45) is 3.45. The van der Waals surface area contributed by atoms with Crippen molar-refractivity contribution in [2.75, 3.05) is 20.2 Å². The van der Waals surface area contributed by atoms with Gasteiger partial charge in [-0.3, -0.25) is 9.59 Å². The molecule has 172 valence electrons. The maximum absolute atomic E-state index is 12.7. The van der Waals surface area contributed by atoms with Crippen molar-refractivity contribution in [2.45, 2.75) is 50.5 Å². The highest BCUT2D eigenvalue weighted by Crippen LogP contribution is 2.23. The Morgan fingerprint density at radius 3 is 2.31 bits per heavy atom. The van der Waals surface area contributed by atoms with Gasteiger partial charge in [-0.25, -0.2) is 8.42 Å². The molecule has 32 heavy (non-hydrogen) atoms. The van der Waals surface area contributed by atoms with Crippen LogP contribution in [0.2, 0.25) is 0 Å². The molecule has 1 aliphatic heterocycles. The third-order valence-electron chi connectivity index (χ3n) is 5.57. The molecule has 0 N–H and O–H groups in total. The fraction of sp³-hybridized carbons (Fsp3) is 0.417. The number of benzene rings is 2. The molecule has 1 aliphatic rings. The van der Waals surface area contributed by atoms with E-state index in [2.05, 4.69) is 0 Å². The molecule has 8 heteroatoms. The molecule has 1 heterocycles. The second-order valence-electron chi connectivity index (χ2n) is 7.85. The molecule has 2 aromatic carbocycles. The van der Waals surface area contributed by atoms with Crippen LogP contribution in [-0.2, 0) is 32.6 Å². The minimum atomic E-state index is -3.46. The van der Waals surface area contributed by atoms with Crippen LogP contribution in [0.1, 0.15) is 54.1 Å². The molecule has 0 atom stereocenters. The van der Waals surface area contributed by atoms with Crippen LogP contribution in [0.3, 0.4) is 0 Å². The molecule has 0 bridgehead atoms. The van der Waals surface area contributed by atoms with Crippen LogP contribution in [0, 0.1) is 0 Å². The van der Waals surface area contributed by atoms with E-state index in [0.29, 0.717) is 36.4 Å². The molecular weight excluding hydrogens is 430 g/mol. The summed E-state index contributed by atoms with van der Waals surface area (Å²) in [4.78, 5) is 24.1. The molecule has 0 saturated carbocycles. The third-order valence-corrected chi connectivity index (χ3v) is 7.48. The van der Waals surface area contributed by atoms with Gasteiger partial charge in [0.2, 0.25) is 10.0 Å². The van der Waals surface area contributed by atoms with E-state index in [-0.39, 0.29) is 29.7 Å². The largest absolute Gasteiger partial charge is 0.496 e. The second kappa shape index (κ2) is 10.7. The Labute approximate surface area is 189 Å². The molecule has 1 saturated heterocycles. The average Bonchev–Trinajstić information content (AvgIpc) is 2.82. The molecule has 0 aromatic heterocycles. The molecule has 0 unspecified atom stereocenters. The summed E-state index contributed by atoms with van der Waals surface area (Å²) in [5.41, 5.74) is 2.01. The number of esters is 1. The van der Waals surface area contributed by atoms with Crippen molar-refractivity contribution >= 4 is 21.8 Å². The standard InChI is InChI=1S/C24H29NO6S/c1-18(26)20-9-12-23(30-2)21(16-20)17-31-24(27)13-8-19-6-10-22(11-7-19)32(28,29)25-14-4-3-5-15-25/h6-7,9-12,16H,3-5,8,13-15,17H2,1-2H3. The van der Waals surface area contributed by atoms with E-state index in [4.69, 9.17) is 9.47 Å². The fourth-order valence-corrected chi connectivity index (χ4v) is 5.19. The molecule has 0 amide bonds. The first-order chi connectivity index (χ1) is 15.3. The number of ketones is 1. The number of carbonyl (C=O) groups excluding carboxylic acids is 2. The lowest BCUT2D eigenvalue weighted by Crippen LogP contribution is -2.35. The number of Topliss-reactive ketones (excluding diaryl/α,β-unsaturated/α-hetero) is 1. The van der Waals surface area contributed by atoms with E-state index in [1.54, 1.807) is 42.5 Å². The van der Waals surface area contributed by atoms with Gasteiger partial charge in [0.05, 0.1) is 12.0 Å². The summed E-state index contributed by atoms with van der Waals surface area (Å²) in [6.45, 7) is 2.61. The summed E-state index contributed by atoms with van der Waals surface area (Å²) >= 11 is 0. The summed E-state index contributed by atoms with van der Waals surface area (Å²) in [5, 5.41) is 0. The number of sulfonamides is 1. The highest BCUT2D eigenvalue weighted by Gasteiger charge is 2.25. The van der Waals surface area contributed by atoms with Crippen molar-refractivity contribution < 1.29 is 27.5 Å². The van der Waals surface area contributed by atoms with Crippen LogP contribution in [0.5, 0.6) is 5.75 Å². The van der Waals surface area contributed by atoms with Gasteiger partial charge >= 0.3 is 5.97 Å². The first-order valence-corrected chi connectivity index (χ1v) is 12.2. The molecule has 7 nitrogen and oxygen atoms in total. The van der Waals surface area contributed by atoms with Crippen molar-refractivity contribution in [1.82, 2.24) is 4.31 Å². The van der Waals surface area contributed by atoms with Crippen LogP contribution in [0.15, 0.2) is 47.4 Å². The quantitative estimate of drug-likeness (QED) is 0.419. The number of hydrogen-bond acceptors (Lipinski definition) is 6. The number of piperidine rings is 1. The predicted molar refractivity (Wildman–Crippen MR) is 120 cm³/mol. The zero-order valence-corrected chi connectivity index (χ0v) is 19.3. The smallest absolute Gasteiger partial charge is 0.306 e. The van der Waals surface area contributed by atoms with Gasteiger partial charge in [0.1, 0.15) is 12.4 Å². The fourth-order valence-electron chi connectivity index (χ4n) is 3.67. The van der Waals surface area contributed by atoms with Crippen molar-refractivity contribution in [3.8, 4) is 5.75 Å². The van der Waals surface area contributed by atoms with Crippen molar-refractivity contribution in [2.24, 2.45) is 0 Å². The first kappa shape index (κ1) is 23.9. The molecular formula is C24H29NO6S. The Bertz CT molecular complexity index is 1060. The van der Waals surface area contributed by atoms with Gasteiger partial charge in [0.25, 0.3) is 0 Å². The average molecular weight is 460 g/mol. The minimum absolute atomic E-state index is 0.0101. The van der Waals surface area contributed by atoms with Crippen LogP contribution >= 0.6 is 0 Å². The second-order valence-corrected chi connectivity index (χ2v) is 9.79. The van der Waals surface area contributed by atoms with E-state index >= 15 is 0 Å². The zero-order valence-electron chi connectivity index (χ0n) is 18.5. The maximum atomic E-state index is 12.7. The van der Waals surface area contributed by atoms with Crippen LogP contribution in [0.25, 0.3) is 0 Å². The van der Waals surface area contributed by atoms with Gasteiger partial charge in [-0.1, -0.05) is 18.6 Å². The minimum Gasteiger partial charge on any atom is -0.496 e. The maximum Gasteiger partial charge on any atom is 0.306 e. The summed E-state index contributed by atoms with van der Waals surface area (Å²) in [7, 11) is -1.94. The molecule has 0 aliphatic carbocycles. The third kappa shape index (κ3) is 5.95. The number of ether oxygens (including phenoxy) is 2. The van der Waals surface area contributed by atoms with Crippen molar-refractivity contribution in [3.63, 3.8) is 0 Å². The van der Waals surface area contributed by atoms with Crippen LogP contribution in [0.4, 0.5) is 0 Å². The topological polar surface area (TPSA) is 90.0 Å². The van der Waals surface area contributed by atoms with E-state index in [1.165, 1.54) is 18.3 Å². The lowest BCUT2D eigenvalue weighted by molar-refractivity contribution is -0.144. The lowest BCUT2D eigenvalue weighted by atomic mass is 10.1. The van der Waals surface area contributed by atoms with Gasteiger partial charge in [-0.15, -0.1) is 0 Å². The van der Waals surface area contributed by atoms with E-state index in [0.717, 1.165) is 24.8 Å². The summed E-state index contributed by atoms with van der Waals surface area (Å²) in [6, 6.07) is 11.7. The SMILES string of the molecule is COc1ccc(C(C)=O)cc1COC(=O)CCc1ccc(S(=O)(=O)N2CCCCC2)cc1. The molecule has 2 aromatic rings. The molecule has 0 radical (unpaired) electrons. The highest BCUT2D eigenvalue weighted by atomic mass is 32.2. The number of rotatable bonds is 9. The Kier molecular flexibility index (Phi) is 8.04. The predicted octanol–water partition coefficient (Wildman–Crippen LogP) is 3.75.